The van der Waals surface area contributed by atoms with Crippen LogP contribution in [0.4, 0.5) is 4.39 Å². The van der Waals surface area contributed by atoms with Crippen molar-refractivity contribution < 1.29 is 13.9 Å². The zero-order chi connectivity index (χ0) is 19.9. The number of nitrogens with zero attached hydrogens (tertiary/aromatic N) is 2. The number of hydrogen-bond donors (Lipinski definition) is 1. The van der Waals surface area contributed by atoms with Gasteiger partial charge in [0.2, 0.25) is 5.91 Å². The Morgan fingerprint density at radius 2 is 1.96 bits per heavy atom. The second-order valence-corrected chi connectivity index (χ2v) is 6.68. The molecule has 0 aliphatic carbocycles. The number of rotatable bonds is 8. The Hall–Kier alpha value is -3.15. The van der Waals surface area contributed by atoms with E-state index in [1.165, 1.54) is 11.6 Å². The minimum absolute atomic E-state index is 0.177. The number of aryl methyl sites for hydroxylation is 2. The summed E-state index contributed by atoms with van der Waals surface area (Å²) in [5.41, 5.74) is 1.56. The Morgan fingerprint density at radius 3 is 2.64 bits per heavy atom. The number of ether oxygens (including phenoxy) is 1. The molecule has 0 aliphatic heterocycles. The zero-order valence-electron chi connectivity index (χ0n) is 16.1. The molecule has 28 heavy (non-hydrogen) atoms. The first kappa shape index (κ1) is 19.6. The second-order valence-electron chi connectivity index (χ2n) is 6.68. The number of benzene rings is 2. The van der Waals surface area contributed by atoms with Crippen molar-refractivity contribution in [2.75, 3.05) is 6.61 Å². The lowest BCUT2D eigenvalue weighted by atomic mass is 10.0. The van der Waals surface area contributed by atoms with E-state index in [-0.39, 0.29) is 18.1 Å². The fraction of sp³-hybridized carbons (Fsp3) is 0.273. The van der Waals surface area contributed by atoms with E-state index < -0.39 is 6.04 Å². The lowest BCUT2D eigenvalue weighted by Gasteiger charge is -2.19. The van der Waals surface area contributed by atoms with E-state index in [2.05, 4.69) is 10.3 Å². The van der Waals surface area contributed by atoms with Gasteiger partial charge in [0, 0.05) is 31.4 Å². The minimum Gasteiger partial charge on any atom is -0.494 e. The lowest BCUT2D eigenvalue weighted by molar-refractivity contribution is -0.121. The van der Waals surface area contributed by atoms with Crippen LogP contribution in [0.1, 0.15) is 35.8 Å². The molecule has 1 unspecified atom stereocenters. The molecule has 2 aromatic carbocycles. The van der Waals surface area contributed by atoms with Crippen molar-refractivity contribution >= 4 is 5.91 Å². The van der Waals surface area contributed by atoms with Crippen LogP contribution in [0, 0.1) is 12.7 Å². The molecule has 0 fully saturated rings. The summed E-state index contributed by atoms with van der Waals surface area (Å²) in [6, 6.07) is 13.5. The third-order valence-corrected chi connectivity index (χ3v) is 4.48. The highest BCUT2D eigenvalue weighted by Crippen LogP contribution is 2.23. The number of carbonyl (C=O) groups is 1. The van der Waals surface area contributed by atoms with Crippen LogP contribution < -0.4 is 10.1 Å². The van der Waals surface area contributed by atoms with Gasteiger partial charge in [0.25, 0.3) is 0 Å². The van der Waals surface area contributed by atoms with Crippen molar-refractivity contribution in [1.82, 2.24) is 14.9 Å². The smallest absolute Gasteiger partial charge is 0.220 e. The quantitative estimate of drug-likeness (QED) is 0.602. The molecule has 1 aromatic heterocycles. The van der Waals surface area contributed by atoms with Crippen LogP contribution in [0.5, 0.6) is 5.75 Å². The van der Waals surface area contributed by atoms with Crippen LogP contribution >= 0.6 is 0 Å². The van der Waals surface area contributed by atoms with Crippen molar-refractivity contribution in [3.8, 4) is 5.75 Å². The van der Waals surface area contributed by atoms with Gasteiger partial charge in [-0.3, -0.25) is 4.79 Å². The monoisotopic (exact) mass is 381 g/mol. The van der Waals surface area contributed by atoms with Crippen molar-refractivity contribution in [3.63, 3.8) is 0 Å². The summed E-state index contributed by atoms with van der Waals surface area (Å²) in [5.74, 6) is 0.805. The maximum Gasteiger partial charge on any atom is 0.220 e. The molecule has 1 atom stereocenters. The molecule has 0 bridgehead atoms. The van der Waals surface area contributed by atoms with Gasteiger partial charge in [-0.1, -0.05) is 35.9 Å². The number of carbonyl (C=O) groups excluding carboxylic acids is 1. The summed E-state index contributed by atoms with van der Waals surface area (Å²) in [5, 5.41) is 2.91. The SMILES string of the molecule is Cc1ccc(OCCCC(=O)NC(c2ccccc2F)c2nccn2C)cc1. The Labute approximate surface area is 164 Å². The van der Waals surface area contributed by atoms with Gasteiger partial charge in [0.1, 0.15) is 23.4 Å². The van der Waals surface area contributed by atoms with E-state index in [9.17, 15) is 9.18 Å². The largest absolute Gasteiger partial charge is 0.494 e. The molecule has 0 radical (unpaired) electrons. The molecule has 3 rings (SSSR count). The van der Waals surface area contributed by atoms with E-state index in [1.54, 1.807) is 35.2 Å². The van der Waals surface area contributed by atoms with E-state index >= 15 is 0 Å². The third-order valence-electron chi connectivity index (χ3n) is 4.48. The van der Waals surface area contributed by atoms with E-state index in [4.69, 9.17) is 4.74 Å². The topological polar surface area (TPSA) is 56.1 Å². The predicted molar refractivity (Wildman–Crippen MR) is 106 cm³/mol. The molecule has 1 heterocycles. The number of aromatic nitrogens is 2. The summed E-state index contributed by atoms with van der Waals surface area (Å²) in [4.78, 5) is 16.8. The van der Waals surface area contributed by atoms with Crippen LogP contribution in [-0.2, 0) is 11.8 Å². The van der Waals surface area contributed by atoms with Crippen molar-refractivity contribution in [3.05, 3.63) is 83.7 Å². The van der Waals surface area contributed by atoms with Gasteiger partial charge in [-0.2, -0.15) is 0 Å². The molecule has 146 valence electrons. The molecule has 1 amide bonds. The average molecular weight is 381 g/mol. The number of hydrogen-bond acceptors (Lipinski definition) is 3. The highest BCUT2D eigenvalue weighted by Gasteiger charge is 2.23. The van der Waals surface area contributed by atoms with Crippen molar-refractivity contribution in [2.24, 2.45) is 7.05 Å². The number of amides is 1. The average Bonchev–Trinajstić information content (AvgIpc) is 3.11. The fourth-order valence-corrected chi connectivity index (χ4v) is 2.94. The van der Waals surface area contributed by atoms with Gasteiger partial charge in [-0.05, 0) is 31.5 Å². The fourth-order valence-electron chi connectivity index (χ4n) is 2.94. The molecule has 0 aliphatic rings. The van der Waals surface area contributed by atoms with Gasteiger partial charge < -0.3 is 14.6 Å². The standard InChI is InChI=1S/C22H24FN3O2/c1-16-9-11-17(12-10-16)28-15-5-8-20(27)25-21(22-24-13-14-26(22)2)18-6-3-4-7-19(18)23/h3-4,6-7,9-14,21H,5,8,15H2,1-2H3,(H,25,27). The third kappa shape index (κ3) is 4.97. The van der Waals surface area contributed by atoms with Crippen LogP contribution in [0.2, 0.25) is 0 Å². The highest BCUT2D eigenvalue weighted by atomic mass is 19.1. The highest BCUT2D eigenvalue weighted by molar-refractivity contribution is 5.76. The first-order valence-corrected chi connectivity index (χ1v) is 9.25. The summed E-state index contributed by atoms with van der Waals surface area (Å²) in [6.07, 6.45) is 4.24. The number of nitrogens with one attached hydrogen (secondary N) is 1. The first-order chi connectivity index (χ1) is 13.5. The molecule has 5 nitrogen and oxygen atoms in total. The van der Waals surface area contributed by atoms with Crippen molar-refractivity contribution in [1.29, 1.82) is 0 Å². The van der Waals surface area contributed by atoms with E-state index in [0.717, 1.165) is 5.75 Å². The Bertz CT molecular complexity index is 922. The Balaban J connectivity index is 1.59. The van der Waals surface area contributed by atoms with Crippen LogP contribution in [-0.4, -0.2) is 22.1 Å². The number of halogens is 1. The van der Waals surface area contributed by atoms with Gasteiger partial charge in [-0.15, -0.1) is 0 Å². The maximum atomic E-state index is 14.3. The molecule has 3 aromatic rings. The molecule has 0 saturated carbocycles. The molecular weight excluding hydrogens is 357 g/mol. The van der Waals surface area contributed by atoms with E-state index in [1.807, 2.05) is 38.2 Å². The first-order valence-electron chi connectivity index (χ1n) is 9.25. The summed E-state index contributed by atoms with van der Waals surface area (Å²) in [6.45, 7) is 2.45. The van der Waals surface area contributed by atoms with Gasteiger partial charge in [-0.25, -0.2) is 9.37 Å². The lowest BCUT2D eigenvalue weighted by Crippen LogP contribution is -2.31. The summed E-state index contributed by atoms with van der Waals surface area (Å²) < 4.78 is 21.8. The second kappa shape index (κ2) is 9.17. The van der Waals surface area contributed by atoms with Crippen LogP contribution in [0.15, 0.2) is 60.9 Å². The normalized spacial score (nSPS) is 11.8. The Kier molecular flexibility index (Phi) is 6.42. The van der Waals surface area contributed by atoms with Crippen molar-refractivity contribution in [2.45, 2.75) is 25.8 Å². The number of imidazole rings is 1. The molecule has 0 spiro atoms. The zero-order valence-corrected chi connectivity index (χ0v) is 16.1. The van der Waals surface area contributed by atoms with E-state index in [0.29, 0.717) is 24.4 Å². The van der Waals surface area contributed by atoms with Gasteiger partial charge in [0.05, 0.1) is 6.61 Å². The summed E-state index contributed by atoms with van der Waals surface area (Å²) >= 11 is 0. The van der Waals surface area contributed by atoms with Gasteiger partial charge >= 0.3 is 0 Å². The molecular formula is C22H24FN3O2. The summed E-state index contributed by atoms with van der Waals surface area (Å²) in [7, 11) is 1.82. The van der Waals surface area contributed by atoms with Gasteiger partial charge in [0.15, 0.2) is 0 Å². The molecule has 1 N–H and O–H groups in total. The van der Waals surface area contributed by atoms with Crippen LogP contribution in [0.25, 0.3) is 0 Å². The van der Waals surface area contributed by atoms with Crippen LogP contribution in [0.3, 0.4) is 0 Å². The Morgan fingerprint density at radius 1 is 1.21 bits per heavy atom. The molecule has 0 saturated heterocycles. The predicted octanol–water partition coefficient (Wildman–Crippen LogP) is 3.93. The minimum atomic E-state index is -0.647. The maximum absolute atomic E-state index is 14.3. The molecule has 6 heteroatoms.